The van der Waals surface area contributed by atoms with E-state index in [0.29, 0.717) is 27.6 Å². The standard InChI is InChI=1S/C25H30N2O6S.C12H23N/c1-15-11-16(2)22(17(3)12-15)34(31,32)27-14-18(19-9-7-8-10-21(19)27)13-20(23(28)29)26-24(30)33-25(4,5)6;1-3-7-11(8-4-1)13-12-9-5-2-6-10-12/h7-12,14,20H,13H2,1-6H3,(H,26,30)(H,28,29);11-13H,1-10H2/t20-;/m0./s1. The molecule has 9 nitrogen and oxygen atoms in total. The molecule has 2 aliphatic rings. The van der Waals surface area contributed by atoms with Crippen LogP contribution in [-0.4, -0.2) is 53.3 Å². The number of aryl methyl sites for hydroxylation is 3. The predicted molar refractivity (Wildman–Crippen MR) is 187 cm³/mol. The number of aliphatic carboxylic acids is 1. The van der Waals surface area contributed by atoms with Gasteiger partial charge < -0.3 is 20.5 Å². The largest absolute Gasteiger partial charge is 0.480 e. The van der Waals surface area contributed by atoms with Crippen molar-refractivity contribution in [2.24, 2.45) is 0 Å². The summed E-state index contributed by atoms with van der Waals surface area (Å²) in [6.45, 7) is 10.4. The van der Waals surface area contributed by atoms with Crippen LogP contribution in [0.4, 0.5) is 4.79 Å². The van der Waals surface area contributed by atoms with E-state index in [1.54, 1.807) is 58.9 Å². The number of para-hydroxylation sites is 1. The van der Waals surface area contributed by atoms with Crippen LogP contribution in [0.15, 0.2) is 47.5 Å². The van der Waals surface area contributed by atoms with Crippen LogP contribution < -0.4 is 10.6 Å². The monoisotopic (exact) mass is 667 g/mol. The molecular formula is C37H53N3O6S. The van der Waals surface area contributed by atoms with E-state index in [1.807, 2.05) is 19.1 Å². The second kappa shape index (κ2) is 15.7. The minimum absolute atomic E-state index is 0.122. The second-order valence-electron chi connectivity index (χ2n) is 14.3. The highest BCUT2D eigenvalue weighted by Crippen LogP contribution is 2.30. The highest BCUT2D eigenvalue weighted by molar-refractivity contribution is 7.90. The van der Waals surface area contributed by atoms with E-state index in [4.69, 9.17) is 4.74 Å². The maximum Gasteiger partial charge on any atom is 0.408 e. The molecule has 0 bridgehead atoms. The van der Waals surface area contributed by atoms with E-state index >= 15 is 0 Å². The van der Waals surface area contributed by atoms with Crippen LogP contribution in [0.2, 0.25) is 0 Å². The number of carboxylic acids is 1. The summed E-state index contributed by atoms with van der Waals surface area (Å²) in [6, 6.07) is 11.0. The normalized spacial score (nSPS) is 17.1. The molecule has 2 aromatic carbocycles. The number of nitrogens with zero attached hydrogens (tertiary/aromatic N) is 1. The molecule has 258 valence electrons. The fraction of sp³-hybridized carbons (Fsp3) is 0.568. The SMILES string of the molecule is C1CCC(NC2CCCCC2)CC1.Cc1cc(C)c(S(=O)(=O)n2cc(C[C@H](NC(=O)OC(C)(C)C)C(=O)O)c3ccccc32)c(C)c1. The Hall–Kier alpha value is -3.37. The lowest BCUT2D eigenvalue weighted by molar-refractivity contribution is -0.139. The average molecular weight is 668 g/mol. The molecule has 1 amide bonds. The molecular weight excluding hydrogens is 614 g/mol. The molecule has 3 aromatic rings. The van der Waals surface area contributed by atoms with Gasteiger partial charge in [0.15, 0.2) is 0 Å². The maximum absolute atomic E-state index is 13.7. The van der Waals surface area contributed by atoms with Gasteiger partial charge in [-0.05, 0) is 90.0 Å². The molecule has 2 saturated carbocycles. The first-order chi connectivity index (χ1) is 22.2. The number of rotatable bonds is 8. The molecule has 3 N–H and O–H groups in total. The molecule has 0 spiro atoms. The van der Waals surface area contributed by atoms with Gasteiger partial charge in [-0.15, -0.1) is 0 Å². The Kier molecular flexibility index (Phi) is 12.2. The van der Waals surface area contributed by atoms with Gasteiger partial charge in [-0.25, -0.2) is 22.0 Å². The molecule has 10 heteroatoms. The van der Waals surface area contributed by atoms with Gasteiger partial charge in [-0.3, -0.25) is 0 Å². The van der Waals surface area contributed by atoms with Crippen molar-refractivity contribution in [3.05, 3.63) is 64.8 Å². The zero-order valence-electron chi connectivity index (χ0n) is 28.9. The van der Waals surface area contributed by atoms with Gasteiger partial charge in [0.25, 0.3) is 10.0 Å². The molecule has 0 unspecified atom stereocenters. The lowest BCUT2D eigenvalue weighted by Gasteiger charge is -2.30. The minimum atomic E-state index is -3.97. The number of carbonyl (C=O) groups is 2. The summed E-state index contributed by atoms with van der Waals surface area (Å²) in [4.78, 5) is 24.3. The van der Waals surface area contributed by atoms with E-state index < -0.39 is 33.7 Å². The van der Waals surface area contributed by atoms with Crippen LogP contribution in [0, 0.1) is 20.8 Å². The number of hydrogen-bond donors (Lipinski definition) is 3. The van der Waals surface area contributed by atoms with Crippen LogP contribution in [0.25, 0.3) is 10.9 Å². The third-order valence-electron chi connectivity index (χ3n) is 8.98. The maximum atomic E-state index is 13.7. The summed E-state index contributed by atoms with van der Waals surface area (Å²) in [5.41, 5.74) is 2.34. The molecule has 0 aliphatic heterocycles. The lowest BCUT2D eigenvalue weighted by Crippen LogP contribution is -2.44. The quantitative estimate of drug-likeness (QED) is 0.226. The van der Waals surface area contributed by atoms with E-state index in [9.17, 15) is 23.1 Å². The van der Waals surface area contributed by atoms with E-state index in [-0.39, 0.29) is 11.3 Å². The lowest BCUT2D eigenvalue weighted by atomic mass is 9.91. The van der Waals surface area contributed by atoms with Crippen LogP contribution in [0.3, 0.4) is 0 Å². The smallest absolute Gasteiger partial charge is 0.408 e. The summed E-state index contributed by atoms with van der Waals surface area (Å²) in [5, 5.41) is 16.5. The number of ether oxygens (including phenoxy) is 1. The number of alkyl carbamates (subject to hydrolysis) is 1. The Bertz CT molecular complexity index is 1600. The van der Waals surface area contributed by atoms with Gasteiger partial charge in [-0.1, -0.05) is 74.4 Å². The molecule has 5 rings (SSSR count). The van der Waals surface area contributed by atoms with Crippen molar-refractivity contribution in [2.45, 2.75) is 141 Å². The van der Waals surface area contributed by atoms with Crippen LogP contribution in [-0.2, 0) is 26.0 Å². The number of amides is 1. The summed E-state index contributed by atoms with van der Waals surface area (Å²) in [6.07, 6.45) is 15.0. The second-order valence-corrected chi connectivity index (χ2v) is 16.0. The fourth-order valence-corrected chi connectivity index (χ4v) is 8.81. The van der Waals surface area contributed by atoms with Gasteiger partial charge in [0.2, 0.25) is 0 Å². The first-order valence-corrected chi connectivity index (χ1v) is 18.5. The van der Waals surface area contributed by atoms with Crippen molar-refractivity contribution in [3.63, 3.8) is 0 Å². The van der Waals surface area contributed by atoms with Crippen molar-refractivity contribution in [2.75, 3.05) is 0 Å². The Morgan fingerprint density at radius 3 is 1.96 bits per heavy atom. The first-order valence-electron chi connectivity index (χ1n) is 17.1. The highest BCUT2D eigenvalue weighted by atomic mass is 32.2. The Labute approximate surface area is 280 Å². The van der Waals surface area contributed by atoms with Gasteiger partial charge in [0.1, 0.15) is 11.6 Å². The molecule has 0 radical (unpaired) electrons. The van der Waals surface area contributed by atoms with Crippen molar-refractivity contribution in [3.8, 4) is 0 Å². The summed E-state index contributed by atoms with van der Waals surface area (Å²) < 4.78 is 33.8. The summed E-state index contributed by atoms with van der Waals surface area (Å²) in [5.74, 6) is -1.25. The van der Waals surface area contributed by atoms with Crippen molar-refractivity contribution >= 4 is 33.0 Å². The molecule has 47 heavy (non-hydrogen) atoms. The van der Waals surface area contributed by atoms with Gasteiger partial charge in [-0.2, -0.15) is 0 Å². The van der Waals surface area contributed by atoms with Gasteiger partial charge >= 0.3 is 12.1 Å². The van der Waals surface area contributed by atoms with Crippen LogP contribution >= 0.6 is 0 Å². The van der Waals surface area contributed by atoms with Gasteiger partial charge in [0, 0.05) is 30.1 Å². The third kappa shape index (κ3) is 9.83. The van der Waals surface area contributed by atoms with E-state index in [2.05, 4.69) is 10.6 Å². The number of nitrogens with one attached hydrogen (secondary N) is 2. The predicted octanol–water partition coefficient (Wildman–Crippen LogP) is 7.57. The summed E-state index contributed by atoms with van der Waals surface area (Å²) in [7, 11) is -3.97. The molecule has 2 fully saturated rings. The zero-order valence-corrected chi connectivity index (χ0v) is 29.7. The highest BCUT2D eigenvalue weighted by Gasteiger charge is 2.29. The fourth-order valence-electron chi connectivity index (χ4n) is 6.99. The zero-order chi connectivity index (χ0) is 34.4. The molecule has 2 aliphatic carbocycles. The van der Waals surface area contributed by atoms with Crippen molar-refractivity contribution in [1.29, 1.82) is 0 Å². The van der Waals surface area contributed by atoms with Crippen molar-refractivity contribution in [1.82, 2.24) is 14.6 Å². The molecule has 1 atom stereocenters. The Balaban J connectivity index is 0.000000318. The van der Waals surface area contributed by atoms with E-state index in [0.717, 1.165) is 17.6 Å². The number of aromatic nitrogens is 1. The summed E-state index contributed by atoms with van der Waals surface area (Å²) >= 11 is 0. The number of fused-ring (bicyclic) bond motifs is 1. The Morgan fingerprint density at radius 2 is 1.45 bits per heavy atom. The average Bonchev–Trinajstić information content (AvgIpc) is 3.36. The van der Waals surface area contributed by atoms with E-state index in [1.165, 1.54) is 74.4 Å². The molecule has 1 heterocycles. The number of carboxylic acid groups (broad SMARTS) is 1. The van der Waals surface area contributed by atoms with Crippen molar-refractivity contribution < 1.29 is 27.9 Å². The topological polar surface area (TPSA) is 127 Å². The number of benzene rings is 2. The first kappa shape index (κ1) is 36.5. The van der Waals surface area contributed by atoms with Crippen LogP contribution in [0.1, 0.15) is 107 Å². The number of carbonyl (C=O) groups excluding carboxylic acids is 1. The third-order valence-corrected chi connectivity index (χ3v) is 11.0. The minimum Gasteiger partial charge on any atom is -0.480 e. The number of hydrogen-bond acceptors (Lipinski definition) is 6. The van der Waals surface area contributed by atoms with Crippen LogP contribution in [0.5, 0.6) is 0 Å². The molecule has 1 aromatic heterocycles. The van der Waals surface area contributed by atoms with Gasteiger partial charge in [0.05, 0.1) is 10.4 Å². The Morgan fingerprint density at radius 1 is 0.915 bits per heavy atom. The molecule has 0 saturated heterocycles.